The molecule has 1 aromatic heterocycles. The molecule has 138 valence electrons. The molecule has 0 unspecified atom stereocenters. The summed E-state index contributed by atoms with van der Waals surface area (Å²) in [6.45, 7) is 3.77. The predicted molar refractivity (Wildman–Crippen MR) is 103 cm³/mol. The zero-order chi connectivity index (χ0) is 18.0. The quantitative estimate of drug-likeness (QED) is 0.714. The lowest BCUT2D eigenvalue weighted by molar-refractivity contribution is -0.122. The summed E-state index contributed by atoms with van der Waals surface area (Å²) >= 11 is 0. The van der Waals surface area contributed by atoms with Gasteiger partial charge in [0, 0.05) is 51.0 Å². The predicted octanol–water partition coefficient (Wildman–Crippen LogP) is 2.45. The number of carbonyl (C=O) groups excluding carboxylic acids is 1. The number of benzene rings is 1. The van der Waals surface area contributed by atoms with Crippen molar-refractivity contribution in [2.75, 3.05) is 25.0 Å². The number of anilines is 1. The molecule has 1 amide bonds. The minimum absolute atomic E-state index is 0.141. The van der Waals surface area contributed by atoms with Gasteiger partial charge >= 0.3 is 0 Å². The Kier molecular flexibility index (Phi) is 6.96. The second-order valence-corrected chi connectivity index (χ2v) is 6.71. The van der Waals surface area contributed by atoms with Gasteiger partial charge in [0.25, 0.3) is 0 Å². The van der Waals surface area contributed by atoms with Gasteiger partial charge in [-0.25, -0.2) is 9.97 Å². The molecule has 2 N–H and O–H groups in total. The highest BCUT2D eigenvalue weighted by Crippen LogP contribution is 2.14. The molecule has 1 fully saturated rings. The molecular formula is C20H27N5O. The first-order valence-electron chi connectivity index (χ1n) is 9.36. The van der Waals surface area contributed by atoms with E-state index in [9.17, 15) is 4.79 Å². The van der Waals surface area contributed by atoms with Crippen LogP contribution in [0.2, 0.25) is 0 Å². The lowest BCUT2D eigenvalue weighted by Crippen LogP contribution is -2.44. The Hall–Kier alpha value is -2.47. The number of rotatable bonds is 8. The molecular weight excluding hydrogens is 326 g/mol. The van der Waals surface area contributed by atoms with Crippen molar-refractivity contribution in [3.63, 3.8) is 0 Å². The maximum absolute atomic E-state index is 12.1. The minimum Gasteiger partial charge on any atom is -0.354 e. The SMILES string of the molecule is O=C(CCCNc1ncccn1)NC1CCN(Cc2ccccc2)CC1. The van der Waals surface area contributed by atoms with Crippen molar-refractivity contribution in [1.29, 1.82) is 0 Å². The zero-order valence-corrected chi connectivity index (χ0v) is 15.1. The van der Waals surface area contributed by atoms with Gasteiger partial charge in [0.1, 0.15) is 0 Å². The van der Waals surface area contributed by atoms with Crippen LogP contribution in [0.1, 0.15) is 31.2 Å². The highest BCUT2D eigenvalue weighted by molar-refractivity contribution is 5.76. The minimum atomic E-state index is 0.141. The van der Waals surface area contributed by atoms with E-state index in [4.69, 9.17) is 0 Å². The van der Waals surface area contributed by atoms with Crippen molar-refractivity contribution in [3.8, 4) is 0 Å². The third-order valence-electron chi connectivity index (χ3n) is 4.63. The molecule has 0 bridgehead atoms. The Labute approximate surface area is 155 Å². The van der Waals surface area contributed by atoms with Gasteiger partial charge in [0.15, 0.2) is 0 Å². The van der Waals surface area contributed by atoms with Crippen LogP contribution in [0, 0.1) is 0 Å². The number of nitrogens with one attached hydrogen (secondary N) is 2. The molecule has 2 aromatic rings. The van der Waals surface area contributed by atoms with Crippen molar-refractivity contribution in [2.45, 2.75) is 38.3 Å². The number of carbonyl (C=O) groups is 1. The van der Waals surface area contributed by atoms with Crippen molar-refractivity contribution in [2.24, 2.45) is 0 Å². The van der Waals surface area contributed by atoms with Gasteiger partial charge in [0.05, 0.1) is 0 Å². The van der Waals surface area contributed by atoms with Gasteiger partial charge in [-0.2, -0.15) is 0 Å². The molecule has 0 spiro atoms. The summed E-state index contributed by atoms with van der Waals surface area (Å²) < 4.78 is 0. The molecule has 1 aliphatic rings. The van der Waals surface area contributed by atoms with Crippen LogP contribution in [0.15, 0.2) is 48.8 Å². The summed E-state index contributed by atoms with van der Waals surface area (Å²) in [6.07, 6.45) is 6.75. The van der Waals surface area contributed by atoms with Gasteiger partial charge < -0.3 is 10.6 Å². The summed E-state index contributed by atoms with van der Waals surface area (Å²) in [5.74, 6) is 0.751. The Balaban J connectivity index is 1.28. The van der Waals surface area contributed by atoms with E-state index in [0.717, 1.165) is 38.9 Å². The van der Waals surface area contributed by atoms with Gasteiger partial charge in [-0.05, 0) is 30.9 Å². The third-order valence-corrected chi connectivity index (χ3v) is 4.63. The van der Waals surface area contributed by atoms with Gasteiger partial charge in [-0.3, -0.25) is 9.69 Å². The van der Waals surface area contributed by atoms with Crippen LogP contribution in [0.3, 0.4) is 0 Å². The average Bonchev–Trinajstić information content (AvgIpc) is 2.68. The first-order chi connectivity index (χ1) is 12.8. The van der Waals surface area contributed by atoms with Crippen LogP contribution < -0.4 is 10.6 Å². The van der Waals surface area contributed by atoms with Crippen LogP contribution in [0.25, 0.3) is 0 Å². The first-order valence-corrected chi connectivity index (χ1v) is 9.36. The van der Waals surface area contributed by atoms with Gasteiger partial charge in [-0.1, -0.05) is 30.3 Å². The number of hydrogen-bond donors (Lipinski definition) is 2. The lowest BCUT2D eigenvalue weighted by Gasteiger charge is -2.32. The van der Waals surface area contributed by atoms with Gasteiger partial charge in [-0.15, -0.1) is 0 Å². The summed E-state index contributed by atoms with van der Waals surface area (Å²) in [6, 6.07) is 12.6. The summed E-state index contributed by atoms with van der Waals surface area (Å²) in [7, 11) is 0. The molecule has 26 heavy (non-hydrogen) atoms. The smallest absolute Gasteiger partial charge is 0.222 e. The number of piperidine rings is 1. The molecule has 3 rings (SSSR count). The van der Waals surface area contributed by atoms with E-state index in [1.165, 1.54) is 5.56 Å². The molecule has 6 nitrogen and oxygen atoms in total. The Morgan fingerprint density at radius 3 is 2.54 bits per heavy atom. The van der Waals surface area contributed by atoms with E-state index < -0.39 is 0 Å². The van der Waals surface area contributed by atoms with Crippen molar-refractivity contribution >= 4 is 11.9 Å². The molecule has 1 aromatic carbocycles. The maximum atomic E-state index is 12.1. The largest absolute Gasteiger partial charge is 0.354 e. The second kappa shape index (κ2) is 9.87. The molecule has 0 atom stereocenters. The Bertz CT molecular complexity index is 656. The van der Waals surface area contributed by atoms with Crippen LogP contribution in [-0.4, -0.2) is 46.5 Å². The van der Waals surface area contributed by atoms with Crippen molar-refractivity contribution < 1.29 is 4.79 Å². The fourth-order valence-corrected chi connectivity index (χ4v) is 3.22. The van der Waals surface area contributed by atoms with Crippen LogP contribution in [0.4, 0.5) is 5.95 Å². The summed E-state index contributed by atoms with van der Waals surface area (Å²) in [5, 5.41) is 6.30. The maximum Gasteiger partial charge on any atom is 0.222 e. The third kappa shape index (κ3) is 6.11. The average molecular weight is 353 g/mol. The first kappa shape index (κ1) is 18.3. The molecule has 0 radical (unpaired) electrons. The molecule has 1 aliphatic heterocycles. The highest BCUT2D eigenvalue weighted by Gasteiger charge is 2.20. The van der Waals surface area contributed by atoms with Crippen molar-refractivity contribution in [3.05, 3.63) is 54.4 Å². The van der Waals surface area contributed by atoms with E-state index in [2.05, 4.69) is 49.8 Å². The fourth-order valence-electron chi connectivity index (χ4n) is 3.22. The normalized spacial score (nSPS) is 15.5. The van der Waals surface area contributed by atoms with E-state index >= 15 is 0 Å². The molecule has 6 heteroatoms. The summed E-state index contributed by atoms with van der Waals surface area (Å²) in [4.78, 5) is 22.8. The van der Waals surface area contributed by atoms with Crippen LogP contribution >= 0.6 is 0 Å². The van der Waals surface area contributed by atoms with Gasteiger partial charge in [0.2, 0.25) is 11.9 Å². The van der Waals surface area contributed by atoms with Crippen molar-refractivity contribution in [1.82, 2.24) is 20.2 Å². The fraction of sp³-hybridized carbons (Fsp3) is 0.450. The van der Waals surface area contributed by atoms with Crippen LogP contribution in [-0.2, 0) is 11.3 Å². The Morgan fingerprint density at radius 2 is 1.81 bits per heavy atom. The number of likely N-dealkylation sites (tertiary alicyclic amines) is 1. The number of amides is 1. The molecule has 1 saturated heterocycles. The van der Waals surface area contributed by atoms with E-state index in [1.807, 2.05) is 6.07 Å². The molecule has 2 heterocycles. The molecule has 0 aliphatic carbocycles. The zero-order valence-electron chi connectivity index (χ0n) is 15.1. The van der Waals surface area contributed by atoms with E-state index in [1.54, 1.807) is 18.5 Å². The second-order valence-electron chi connectivity index (χ2n) is 6.71. The lowest BCUT2D eigenvalue weighted by atomic mass is 10.0. The molecule has 0 saturated carbocycles. The highest BCUT2D eigenvalue weighted by atomic mass is 16.1. The number of nitrogens with zero attached hydrogens (tertiary/aromatic N) is 3. The number of hydrogen-bond acceptors (Lipinski definition) is 5. The summed E-state index contributed by atoms with van der Waals surface area (Å²) in [5.41, 5.74) is 1.35. The van der Waals surface area contributed by atoms with E-state index in [-0.39, 0.29) is 5.91 Å². The van der Waals surface area contributed by atoms with E-state index in [0.29, 0.717) is 25.0 Å². The standard InChI is InChI=1S/C20H27N5O/c26-19(8-4-11-21-20-22-12-5-13-23-20)24-18-9-14-25(15-10-18)16-17-6-2-1-3-7-17/h1-3,5-7,12-13,18H,4,8-11,14-16H2,(H,24,26)(H,21,22,23). The Morgan fingerprint density at radius 1 is 1.08 bits per heavy atom. The van der Waals surface area contributed by atoms with Crippen LogP contribution in [0.5, 0.6) is 0 Å². The topological polar surface area (TPSA) is 70.1 Å². The monoisotopic (exact) mass is 353 g/mol. The number of aromatic nitrogens is 2.